The number of ether oxygens (including phenoxy) is 1. The summed E-state index contributed by atoms with van der Waals surface area (Å²) in [5.74, 6) is -1.08. The molecule has 11 nitrogen and oxygen atoms in total. The molecule has 3 aromatic carbocycles. The third kappa shape index (κ3) is 7.93. The minimum absolute atomic E-state index is 0.0564. The maximum atomic E-state index is 14.4. The van der Waals surface area contributed by atoms with Crippen LogP contribution in [0.5, 0.6) is 5.75 Å². The van der Waals surface area contributed by atoms with Crippen molar-refractivity contribution < 1.29 is 42.3 Å². The van der Waals surface area contributed by atoms with E-state index in [0.29, 0.717) is 15.6 Å². The number of nitrogens with zero attached hydrogens (tertiary/aromatic N) is 2. The molecule has 5 aromatic rings. The molecule has 3 atom stereocenters. The van der Waals surface area contributed by atoms with Gasteiger partial charge in [-0.3, -0.25) is 18.9 Å². The molecular weight excluding hydrogens is 734 g/mol. The maximum absolute atomic E-state index is 14.4. The van der Waals surface area contributed by atoms with E-state index >= 15 is 0 Å². The number of rotatable bonds is 10. The highest BCUT2D eigenvalue weighted by Gasteiger charge is 2.50. The largest absolute Gasteiger partial charge is 0.488 e. The molecule has 0 radical (unpaired) electrons. The minimum Gasteiger partial charge on any atom is -0.488 e. The molecule has 0 bridgehead atoms. The Kier molecular flexibility index (Phi) is 10.4. The average molecular weight is 769 g/mol. The van der Waals surface area contributed by atoms with E-state index in [4.69, 9.17) is 4.74 Å². The van der Waals surface area contributed by atoms with E-state index in [-0.39, 0.29) is 23.2 Å². The number of thiazole rings is 1. The quantitative estimate of drug-likeness (QED) is 0.110. The van der Waals surface area contributed by atoms with Crippen molar-refractivity contribution in [3.8, 4) is 16.2 Å². The van der Waals surface area contributed by atoms with Crippen molar-refractivity contribution in [1.82, 2.24) is 15.2 Å². The minimum atomic E-state index is -5.80. The summed E-state index contributed by atoms with van der Waals surface area (Å²) in [6, 6.07) is 20.9. The van der Waals surface area contributed by atoms with Crippen LogP contribution in [0.1, 0.15) is 42.4 Å². The SMILES string of the molecule is CC(C)(C)C(NC(=O)c1cc2cc(C(F)(F)P(=O)(O)O)ccc2s1)C(=O)N1C[C@@H](Oc2ccccc2)C[C@H]1C(=O)Nc1ncc(-c2ccccc2)s1. The third-order valence-electron chi connectivity index (χ3n) is 8.53. The fraction of sp³-hybridized carbons (Fsp3) is 0.278. The molecule has 0 aliphatic carbocycles. The van der Waals surface area contributed by atoms with Gasteiger partial charge in [-0.1, -0.05) is 86.7 Å². The highest BCUT2D eigenvalue weighted by molar-refractivity contribution is 7.52. The average Bonchev–Trinajstić information content (AvgIpc) is 3.85. The monoisotopic (exact) mass is 768 g/mol. The van der Waals surface area contributed by atoms with Gasteiger partial charge in [0.2, 0.25) is 11.8 Å². The molecule has 3 amide bonds. The van der Waals surface area contributed by atoms with Gasteiger partial charge >= 0.3 is 13.3 Å². The maximum Gasteiger partial charge on any atom is 0.399 e. The zero-order chi connectivity index (χ0) is 37.4. The summed E-state index contributed by atoms with van der Waals surface area (Å²) < 4.78 is 46.8. The number of thiophene rings is 1. The van der Waals surface area contributed by atoms with Gasteiger partial charge < -0.3 is 30.1 Å². The van der Waals surface area contributed by atoms with Gasteiger partial charge in [0.05, 0.1) is 16.3 Å². The highest BCUT2D eigenvalue weighted by Crippen LogP contribution is 2.59. The molecular formula is C36H35F2N4O7PS2. The van der Waals surface area contributed by atoms with Gasteiger partial charge in [-0.25, -0.2) is 4.98 Å². The Labute approximate surface area is 305 Å². The van der Waals surface area contributed by atoms with E-state index in [2.05, 4.69) is 15.6 Å². The first-order chi connectivity index (χ1) is 24.5. The predicted molar refractivity (Wildman–Crippen MR) is 196 cm³/mol. The van der Waals surface area contributed by atoms with Crippen LogP contribution in [0.3, 0.4) is 0 Å². The summed E-state index contributed by atoms with van der Waals surface area (Å²) >= 11 is 2.27. The second kappa shape index (κ2) is 14.5. The van der Waals surface area contributed by atoms with E-state index in [1.54, 1.807) is 39.1 Å². The number of alkyl halides is 2. The van der Waals surface area contributed by atoms with Crippen LogP contribution in [0.15, 0.2) is 91.1 Å². The third-order valence-corrected chi connectivity index (χ3v) is 11.6. The number of hydrogen-bond donors (Lipinski definition) is 4. The van der Waals surface area contributed by atoms with Crippen molar-refractivity contribution in [3.63, 3.8) is 0 Å². The summed E-state index contributed by atoms with van der Waals surface area (Å²) in [7, 11) is -5.80. The second-order valence-corrected chi connectivity index (χ2v) is 17.2. The van der Waals surface area contributed by atoms with E-state index in [1.807, 2.05) is 48.5 Å². The number of hydrogen-bond acceptors (Lipinski definition) is 8. The smallest absolute Gasteiger partial charge is 0.399 e. The van der Waals surface area contributed by atoms with Crippen LogP contribution in [0, 0.1) is 5.41 Å². The molecule has 1 unspecified atom stereocenters. The molecule has 1 aliphatic rings. The van der Waals surface area contributed by atoms with Gasteiger partial charge in [-0.15, -0.1) is 11.3 Å². The van der Waals surface area contributed by atoms with Crippen molar-refractivity contribution >= 4 is 63.2 Å². The Bertz CT molecular complexity index is 2150. The molecule has 0 spiro atoms. The molecule has 52 heavy (non-hydrogen) atoms. The van der Waals surface area contributed by atoms with E-state index in [0.717, 1.165) is 33.9 Å². The summed E-state index contributed by atoms with van der Waals surface area (Å²) in [5.41, 5.74) is -5.21. The van der Waals surface area contributed by atoms with Gasteiger partial charge in [0.15, 0.2) is 5.13 Å². The molecule has 3 heterocycles. The molecule has 16 heteroatoms. The van der Waals surface area contributed by atoms with Crippen molar-refractivity contribution in [2.75, 3.05) is 11.9 Å². The fourth-order valence-electron chi connectivity index (χ4n) is 5.85. The van der Waals surface area contributed by atoms with Crippen LogP contribution in [0.25, 0.3) is 20.5 Å². The van der Waals surface area contributed by atoms with E-state index in [9.17, 15) is 37.5 Å². The molecule has 6 rings (SSSR count). The molecule has 0 saturated carbocycles. The summed E-state index contributed by atoms with van der Waals surface area (Å²) in [5, 5.41) is 6.19. The van der Waals surface area contributed by atoms with Crippen LogP contribution in [-0.2, 0) is 19.8 Å². The van der Waals surface area contributed by atoms with Crippen molar-refractivity contribution in [2.45, 2.75) is 51.0 Å². The number of aromatic nitrogens is 1. The van der Waals surface area contributed by atoms with Gasteiger partial charge in [0, 0.05) is 22.9 Å². The van der Waals surface area contributed by atoms with Gasteiger partial charge in [0.25, 0.3) is 5.91 Å². The van der Waals surface area contributed by atoms with Crippen molar-refractivity contribution in [3.05, 3.63) is 102 Å². The number of fused-ring (bicyclic) bond motifs is 1. The highest BCUT2D eigenvalue weighted by atomic mass is 32.1. The number of nitrogens with one attached hydrogen (secondary N) is 2. The zero-order valence-electron chi connectivity index (χ0n) is 28.2. The lowest BCUT2D eigenvalue weighted by Gasteiger charge is -2.35. The predicted octanol–water partition coefficient (Wildman–Crippen LogP) is 7.08. The number of amides is 3. The Balaban J connectivity index is 1.24. The van der Waals surface area contributed by atoms with Gasteiger partial charge in [-0.05, 0) is 46.7 Å². The van der Waals surface area contributed by atoms with Crippen LogP contribution in [0.2, 0.25) is 0 Å². The number of halogens is 2. The molecule has 272 valence electrons. The Hall–Kier alpha value is -4.53. The first kappa shape index (κ1) is 37.2. The summed E-state index contributed by atoms with van der Waals surface area (Å²) in [6.45, 7) is 5.35. The lowest BCUT2D eigenvalue weighted by atomic mass is 9.85. The normalized spacial score (nSPS) is 17.2. The van der Waals surface area contributed by atoms with E-state index < -0.39 is 60.1 Å². The van der Waals surface area contributed by atoms with Crippen LogP contribution < -0.4 is 15.4 Å². The summed E-state index contributed by atoms with van der Waals surface area (Å²) in [4.78, 5) is 67.0. The Morgan fingerprint density at radius 1 is 0.981 bits per heavy atom. The molecule has 2 aromatic heterocycles. The van der Waals surface area contributed by atoms with Crippen LogP contribution in [-0.4, -0.2) is 62.1 Å². The van der Waals surface area contributed by atoms with Gasteiger partial charge in [0.1, 0.15) is 23.9 Å². The number of likely N-dealkylation sites (tertiary alicyclic amines) is 1. The number of benzene rings is 3. The first-order valence-electron chi connectivity index (χ1n) is 16.1. The van der Waals surface area contributed by atoms with E-state index in [1.165, 1.54) is 28.4 Å². The standard InChI is InChI=1S/C36H35F2N4O7PS2/c1-35(2,3)30(40-32(44)28-17-22-16-23(14-15-27(22)51-28)36(37,38)50(46,47)48)33(45)42-20-25(49-24-12-8-5-9-13-24)18-26(42)31(43)41-34-39-19-29(52-34)21-10-6-4-7-11-21/h4-17,19,25-26,30H,18,20H2,1-3H3,(H,40,44)(H,39,41,43)(H2,46,47,48)/t25-,26-,30?/m0/s1. The topological polar surface area (TPSA) is 158 Å². The Morgan fingerprint density at radius 2 is 1.65 bits per heavy atom. The number of carbonyl (C=O) groups is 3. The molecule has 1 saturated heterocycles. The van der Waals surface area contributed by atoms with Crippen LogP contribution in [0.4, 0.5) is 13.9 Å². The van der Waals surface area contributed by atoms with Gasteiger partial charge in [-0.2, -0.15) is 8.78 Å². The molecule has 1 aliphatic heterocycles. The fourth-order valence-corrected chi connectivity index (χ4v) is 8.10. The lowest BCUT2D eigenvalue weighted by Crippen LogP contribution is -2.57. The first-order valence-corrected chi connectivity index (χ1v) is 19.4. The Morgan fingerprint density at radius 3 is 2.31 bits per heavy atom. The van der Waals surface area contributed by atoms with Crippen molar-refractivity contribution in [1.29, 1.82) is 0 Å². The molecule has 4 N–H and O–H groups in total. The number of para-hydroxylation sites is 1. The number of carbonyl (C=O) groups excluding carboxylic acids is 3. The number of anilines is 1. The lowest BCUT2D eigenvalue weighted by molar-refractivity contribution is -0.140. The van der Waals surface area contributed by atoms with Crippen LogP contribution >= 0.6 is 30.3 Å². The molecule has 1 fully saturated rings. The second-order valence-electron chi connectivity index (χ2n) is 13.4. The summed E-state index contributed by atoms with van der Waals surface area (Å²) in [6.07, 6.45) is 1.29. The zero-order valence-corrected chi connectivity index (χ0v) is 30.7. The van der Waals surface area contributed by atoms with Crippen molar-refractivity contribution in [2.24, 2.45) is 5.41 Å².